The number of benzene rings is 2. The molecule has 2 aliphatic heterocycles. The van der Waals surface area contributed by atoms with Crippen LogP contribution < -0.4 is 20.1 Å². The van der Waals surface area contributed by atoms with Crippen molar-refractivity contribution in [3.63, 3.8) is 0 Å². The lowest BCUT2D eigenvalue weighted by molar-refractivity contribution is -0.576. The minimum absolute atomic E-state index is 0.0719. The van der Waals surface area contributed by atoms with Crippen LogP contribution in [0, 0.1) is 5.92 Å². The Kier molecular flexibility index (Phi) is 13.2. The molecule has 0 unspecified atom stereocenters. The van der Waals surface area contributed by atoms with Gasteiger partial charge < -0.3 is 44.6 Å². The van der Waals surface area contributed by atoms with Crippen LogP contribution >= 0.6 is 0 Å². The molecule has 4 N–H and O–H groups in total. The summed E-state index contributed by atoms with van der Waals surface area (Å²) < 4.78 is 18.3. The number of pyridine rings is 1. The summed E-state index contributed by atoms with van der Waals surface area (Å²) in [5.41, 5.74) is 3.18. The Labute approximate surface area is 365 Å². The molecule has 332 valence electrons. The number of alkyl carbamates (subject to hydrolysis) is 1. The summed E-state index contributed by atoms with van der Waals surface area (Å²) in [6.07, 6.45) is 6.55. The Bertz CT molecular complexity index is 2490. The molecule has 63 heavy (non-hydrogen) atoms. The van der Waals surface area contributed by atoms with Crippen LogP contribution in [0.4, 0.5) is 10.5 Å². The molecule has 3 aromatic heterocycles. The molecule has 5 aromatic rings. The number of fused-ring (bicyclic) bond motifs is 2. The second kappa shape index (κ2) is 18.7. The number of aromatic amines is 2. The first-order valence-corrected chi connectivity index (χ1v) is 21.4. The van der Waals surface area contributed by atoms with Crippen molar-refractivity contribution in [2.45, 2.75) is 103 Å². The number of nitrogens with one attached hydrogen (secondary N) is 4. The molecule has 2 aliphatic rings. The molecule has 0 saturated carbocycles. The zero-order valence-corrected chi connectivity index (χ0v) is 36.5. The van der Waals surface area contributed by atoms with Crippen molar-refractivity contribution in [3.05, 3.63) is 96.6 Å². The minimum atomic E-state index is -1.06. The Morgan fingerprint density at radius 2 is 1.43 bits per heavy atom. The summed E-state index contributed by atoms with van der Waals surface area (Å²) in [6, 6.07) is 14.8. The monoisotopic (exact) mass is 862 g/mol. The Morgan fingerprint density at radius 3 is 2.02 bits per heavy atom. The minimum Gasteiger partial charge on any atom is -0.467 e. The van der Waals surface area contributed by atoms with E-state index < -0.39 is 65.7 Å². The number of para-hydroxylation sites is 2. The quantitative estimate of drug-likeness (QED) is 0.0729. The number of esters is 2. The lowest BCUT2D eigenvalue weighted by atomic mass is 10.0. The molecule has 0 bridgehead atoms. The zero-order chi connectivity index (χ0) is 45.0. The van der Waals surface area contributed by atoms with E-state index >= 15 is 0 Å². The first-order valence-electron chi connectivity index (χ1n) is 21.4. The molecule has 7 rings (SSSR count). The van der Waals surface area contributed by atoms with Crippen LogP contribution in [0.25, 0.3) is 21.8 Å². The first kappa shape index (κ1) is 44.3. The van der Waals surface area contributed by atoms with E-state index in [1.165, 1.54) is 16.6 Å². The van der Waals surface area contributed by atoms with Gasteiger partial charge in [-0.15, -0.1) is 4.57 Å². The SMILES string of the molecule is COC(=O)[C@H](Cc1c[nH]c2ccccc12)NC(=O)[C@@H]1C[C@@H](OC(=O)[C@@H]2CCCN2C(=O)[C@H](Cc2c[nH]c3ccccc23)NC(=O)OC(C)(C)C)CN1c1cc[n+](C(=O)C(C)C)cc1. The van der Waals surface area contributed by atoms with Gasteiger partial charge in [0.2, 0.25) is 11.8 Å². The van der Waals surface area contributed by atoms with Gasteiger partial charge >= 0.3 is 23.9 Å². The van der Waals surface area contributed by atoms with E-state index in [4.69, 9.17) is 14.2 Å². The van der Waals surface area contributed by atoms with E-state index in [0.717, 1.165) is 32.9 Å². The van der Waals surface area contributed by atoms with E-state index in [9.17, 15) is 28.8 Å². The van der Waals surface area contributed by atoms with Crippen LogP contribution in [0.2, 0.25) is 0 Å². The molecule has 2 aromatic carbocycles. The van der Waals surface area contributed by atoms with Crippen LogP contribution in [0.1, 0.15) is 69.8 Å². The third-order valence-electron chi connectivity index (χ3n) is 11.5. The lowest BCUT2D eigenvalue weighted by Crippen LogP contribution is -2.53. The predicted octanol–water partition coefficient (Wildman–Crippen LogP) is 4.75. The van der Waals surface area contributed by atoms with Crippen molar-refractivity contribution in [2.75, 3.05) is 25.1 Å². The molecular weight excluding hydrogens is 807 g/mol. The first-order chi connectivity index (χ1) is 30.1. The Balaban J connectivity index is 1.10. The maximum atomic E-state index is 14.4. The molecule has 16 nitrogen and oxygen atoms in total. The molecule has 0 spiro atoms. The van der Waals surface area contributed by atoms with Crippen molar-refractivity contribution in [2.24, 2.45) is 5.92 Å². The van der Waals surface area contributed by atoms with Gasteiger partial charge in [0.05, 0.1) is 19.6 Å². The maximum Gasteiger partial charge on any atom is 0.408 e. The highest BCUT2D eigenvalue weighted by Crippen LogP contribution is 2.30. The van der Waals surface area contributed by atoms with E-state index in [1.54, 1.807) is 76.4 Å². The number of ether oxygens (including phenoxy) is 3. The molecule has 0 aliphatic carbocycles. The van der Waals surface area contributed by atoms with E-state index in [-0.39, 0.29) is 44.2 Å². The Hall–Kier alpha value is -6.71. The van der Waals surface area contributed by atoms with Gasteiger partial charge in [-0.25, -0.2) is 19.2 Å². The standard InChI is InChI=1S/C47H55N7O9/c1-28(2)42(56)52-20-17-31(18-21-52)54-27-32(24-40(54)41(55)50-38(44(58)61-6)23-30-26-49-36-15-10-8-13-34(30)36)62-45(59)39-16-11-19-53(39)43(57)37(51-46(60)63-47(3,4)5)22-29-25-48-35-14-9-7-12-33(29)35/h7-10,12-15,17-18,20-21,25-26,28,32,37-40,48-49H,11,16,19,22-24,27H2,1-6H3,(H-,50,51,55,60)/p+1/t32-,37+,38+,39+,40+/m1/s1. The summed E-state index contributed by atoms with van der Waals surface area (Å²) in [4.78, 5) is 91.7. The third-order valence-corrected chi connectivity index (χ3v) is 11.5. The van der Waals surface area contributed by atoms with Crippen LogP contribution in [-0.4, -0.2) is 107 Å². The van der Waals surface area contributed by atoms with Gasteiger partial charge in [-0.3, -0.25) is 9.59 Å². The second-order valence-electron chi connectivity index (χ2n) is 17.5. The molecule has 5 heterocycles. The van der Waals surface area contributed by atoms with Crippen LogP contribution in [-0.2, 0) is 46.2 Å². The average molecular weight is 863 g/mol. The van der Waals surface area contributed by atoms with Crippen molar-refractivity contribution in [3.8, 4) is 0 Å². The van der Waals surface area contributed by atoms with E-state index in [1.807, 2.05) is 48.5 Å². The topological polar surface area (TPSA) is 196 Å². The van der Waals surface area contributed by atoms with Gasteiger partial charge in [-0.2, -0.15) is 0 Å². The molecule has 0 radical (unpaired) electrons. The van der Waals surface area contributed by atoms with Crippen molar-refractivity contribution < 1.29 is 47.5 Å². The fraction of sp³-hybridized carbons (Fsp3) is 0.426. The maximum absolute atomic E-state index is 14.4. The third kappa shape index (κ3) is 10.2. The number of nitrogens with zero attached hydrogens (tertiary/aromatic N) is 3. The predicted molar refractivity (Wildman–Crippen MR) is 234 cm³/mol. The normalized spacial score (nSPS) is 18.6. The summed E-state index contributed by atoms with van der Waals surface area (Å²) in [6.45, 7) is 9.19. The van der Waals surface area contributed by atoms with Crippen LogP contribution in [0.3, 0.4) is 0 Å². The van der Waals surface area contributed by atoms with Gasteiger partial charge in [-0.1, -0.05) is 36.4 Å². The zero-order valence-electron chi connectivity index (χ0n) is 36.5. The highest BCUT2D eigenvalue weighted by molar-refractivity contribution is 5.93. The summed E-state index contributed by atoms with van der Waals surface area (Å²) in [5.74, 6) is -2.54. The second-order valence-corrected chi connectivity index (χ2v) is 17.5. The van der Waals surface area contributed by atoms with Gasteiger partial charge in [0.15, 0.2) is 12.4 Å². The number of amides is 3. The highest BCUT2D eigenvalue weighted by atomic mass is 16.6. The van der Waals surface area contributed by atoms with E-state index in [0.29, 0.717) is 18.5 Å². The largest absolute Gasteiger partial charge is 0.467 e. The highest BCUT2D eigenvalue weighted by Gasteiger charge is 2.44. The lowest BCUT2D eigenvalue weighted by Gasteiger charge is -2.29. The Morgan fingerprint density at radius 1 is 0.825 bits per heavy atom. The number of hydrogen-bond acceptors (Lipinski definition) is 10. The molecular formula is C47H56N7O9+. The summed E-state index contributed by atoms with van der Waals surface area (Å²) >= 11 is 0. The van der Waals surface area contributed by atoms with Crippen LogP contribution in [0.15, 0.2) is 85.5 Å². The number of methoxy groups -OCH3 is 1. The number of H-pyrrole nitrogens is 2. The summed E-state index contributed by atoms with van der Waals surface area (Å²) in [7, 11) is 1.26. The number of carbonyl (C=O) groups is 6. The van der Waals surface area contributed by atoms with Crippen molar-refractivity contribution in [1.29, 1.82) is 0 Å². The number of hydrogen-bond donors (Lipinski definition) is 4. The number of likely N-dealkylation sites (tertiary alicyclic amines) is 1. The number of rotatable bonds is 13. The van der Waals surface area contributed by atoms with Crippen LogP contribution in [0.5, 0.6) is 0 Å². The van der Waals surface area contributed by atoms with Crippen molar-refractivity contribution in [1.82, 2.24) is 25.5 Å². The number of carbonyl (C=O) groups excluding carboxylic acids is 6. The van der Waals surface area contributed by atoms with Gasteiger partial charge in [-0.05, 0) is 70.7 Å². The fourth-order valence-electron chi connectivity index (χ4n) is 8.48. The molecule has 2 saturated heterocycles. The number of anilines is 1. The molecule has 5 atom stereocenters. The smallest absolute Gasteiger partial charge is 0.408 e. The fourth-order valence-corrected chi connectivity index (χ4v) is 8.48. The van der Waals surface area contributed by atoms with Crippen molar-refractivity contribution >= 4 is 63.2 Å². The number of aromatic nitrogens is 3. The molecule has 2 fully saturated rings. The van der Waals surface area contributed by atoms with Gasteiger partial charge in [0.25, 0.3) is 0 Å². The van der Waals surface area contributed by atoms with Gasteiger partial charge in [0.1, 0.15) is 35.9 Å². The average Bonchev–Trinajstić information content (AvgIpc) is 4.08. The van der Waals surface area contributed by atoms with E-state index in [2.05, 4.69) is 20.6 Å². The molecule has 3 amide bonds. The summed E-state index contributed by atoms with van der Waals surface area (Å²) in [5, 5.41) is 7.49. The van der Waals surface area contributed by atoms with Gasteiger partial charge in [0, 0.05) is 77.8 Å². The molecule has 16 heteroatoms.